The summed E-state index contributed by atoms with van der Waals surface area (Å²) in [6, 6.07) is 9.51. The summed E-state index contributed by atoms with van der Waals surface area (Å²) in [5, 5.41) is 3.68. The van der Waals surface area contributed by atoms with E-state index in [1.54, 1.807) is 12.3 Å². The van der Waals surface area contributed by atoms with E-state index < -0.39 is 17.8 Å². The van der Waals surface area contributed by atoms with Gasteiger partial charge in [0.2, 0.25) is 11.5 Å². The third-order valence-electron chi connectivity index (χ3n) is 8.03. The Bertz CT molecular complexity index is 1420. The summed E-state index contributed by atoms with van der Waals surface area (Å²) >= 11 is 0. The van der Waals surface area contributed by atoms with Crippen LogP contribution in [-0.4, -0.2) is 55.6 Å². The van der Waals surface area contributed by atoms with Crippen molar-refractivity contribution < 1.29 is 27.4 Å². The van der Waals surface area contributed by atoms with E-state index in [9.17, 15) is 22.8 Å². The summed E-state index contributed by atoms with van der Waals surface area (Å²) in [4.78, 5) is 33.5. The smallest absolute Gasteiger partial charge is 0.383 e. The third kappa shape index (κ3) is 4.83. The predicted molar refractivity (Wildman–Crippen MR) is 133 cm³/mol. The van der Waals surface area contributed by atoms with E-state index >= 15 is 0 Å². The number of ketones is 1. The highest BCUT2D eigenvalue weighted by Crippen LogP contribution is 2.38. The molecule has 1 aliphatic carbocycles. The summed E-state index contributed by atoms with van der Waals surface area (Å²) in [6.45, 7) is 2.09. The topological polar surface area (TPSA) is 101 Å². The number of carbonyl (C=O) groups excluding carboxylic acids is 2. The van der Waals surface area contributed by atoms with Crippen LogP contribution in [0.1, 0.15) is 64.3 Å². The number of amides is 2. The number of alkyl halides is 3. The van der Waals surface area contributed by atoms with Gasteiger partial charge in [-0.2, -0.15) is 0 Å². The number of fused-ring (bicyclic) bond motifs is 2. The van der Waals surface area contributed by atoms with Gasteiger partial charge in [-0.05, 0) is 64.6 Å². The van der Waals surface area contributed by atoms with Crippen molar-refractivity contribution in [1.82, 2.24) is 24.7 Å². The summed E-state index contributed by atoms with van der Waals surface area (Å²) < 4.78 is 42.4. The zero-order valence-electron chi connectivity index (χ0n) is 21.3. The van der Waals surface area contributed by atoms with Gasteiger partial charge >= 0.3 is 12.3 Å². The molecule has 12 heteroatoms. The highest BCUT2D eigenvalue weighted by Gasteiger charge is 2.45. The first-order valence-electron chi connectivity index (χ1n) is 13.1. The van der Waals surface area contributed by atoms with Gasteiger partial charge < -0.3 is 15.5 Å². The van der Waals surface area contributed by atoms with Crippen LogP contribution in [0.5, 0.6) is 0 Å². The van der Waals surface area contributed by atoms with Gasteiger partial charge in [0.05, 0.1) is 11.3 Å². The van der Waals surface area contributed by atoms with E-state index in [2.05, 4.69) is 10.2 Å². The van der Waals surface area contributed by atoms with Gasteiger partial charge in [0.25, 0.3) is 0 Å². The van der Waals surface area contributed by atoms with Crippen molar-refractivity contribution in [3.63, 3.8) is 0 Å². The summed E-state index contributed by atoms with van der Waals surface area (Å²) in [6.07, 6.45) is 1.18. The lowest BCUT2D eigenvalue weighted by atomic mass is 9.95. The number of carbonyl (C=O) groups is 2. The summed E-state index contributed by atoms with van der Waals surface area (Å²) in [5.41, 5.74) is 8.85. The number of benzene rings is 1. The quantitative estimate of drug-likeness (QED) is 0.366. The number of hydrogen-bond donors (Lipinski definition) is 1. The molecule has 1 aromatic carbocycles. The van der Waals surface area contributed by atoms with E-state index in [0.717, 1.165) is 59.1 Å². The molecule has 0 radical (unpaired) electrons. The maximum Gasteiger partial charge on any atom is 0.587 e. The highest BCUT2D eigenvalue weighted by atomic mass is 19.4. The van der Waals surface area contributed by atoms with Crippen LogP contribution >= 0.6 is 0 Å². The van der Waals surface area contributed by atoms with Crippen molar-refractivity contribution in [2.75, 3.05) is 18.8 Å². The number of rotatable bonds is 7. The van der Waals surface area contributed by atoms with Crippen LogP contribution in [0.15, 0.2) is 42.7 Å². The number of nitrogens with zero attached hydrogens (tertiary/aromatic N) is 6. The fourth-order valence-electron chi connectivity index (χ4n) is 6.11. The summed E-state index contributed by atoms with van der Waals surface area (Å²) in [7, 11) is 0. The number of nitrogens with two attached hydrogens (primary N) is 1. The molecule has 2 saturated heterocycles. The number of pyridine rings is 1. The van der Waals surface area contributed by atoms with E-state index in [1.165, 1.54) is 0 Å². The maximum absolute atomic E-state index is 13.8. The SMILES string of the molecule is Nc1nccc2c1CC[C@H]2CC(=O)c1c[n+](Cc2ccc(CN3CC4CCCN4C3=O)cc2)nn1C(F)(F)F. The number of aromatic nitrogens is 4. The number of hydrogen-bond acceptors (Lipinski definition) is 5. The third-order valence-corrected chi connectivity index (χ3v) is 8.03. The minimum atomic E-state index is -4.83. The van der Waals surface area contributed by atoms with E-state index in [1.807, 2.05) is 34.1 Å². The molecule has 3 aliphatic rings. The average Bonchev–Trinajstić information content (AvgIpc) is 3.67. The van der Waals surface area contributed by atoms with E-state index in [4.69, 9.17) is 5.73 Å². The standard InChI is InChI=1S/C27H29F3N7O2/c28-27(29,30)37-23(24(38)12-19-7-8-22-21(19)9-10-32-25(22)31)16-35(33-37)14-18-5-3-17(4-6-18)13-34-15-20-2-1-11-36(20)26(34)39/h3-6,9-10,16,19-20H,1-2,7-8,11-15H2,(H2,31,32)/q+1/t19-,20?/m0/s1. The molecule has 2 amide bonds. The van der Waals surface area contributed by atoms with Crippen LogP contribution < -0.4 is 10.4 Å². The lowest BCUT2D eigenvalue weighted by Crippen LogP contribution is -2.38. The first-order valence-corrected chi connectivity index (χ1v) is 13.1. The van der Waals surface area contributed by atoms with Gasteiger partial charge in [-0.3, -0.25) is 4.79 Å². The Morgan fingerprint density at radius 3 is 2.64 bits per heavy atom. The molecule has 0 saturated carbocycles. The molecule has 9 nitrogen and oxygen atoms in total. The second kappa shape index (κ2) is 9.65. The second-order valence-corrected chi connectivity index (χ2v) is 10.6. The van der Waals surface area contributed by atoms with Gasteiger partial charge in [-0.1, -0.05) is 24.3 Å². The van der Waals surface area contributed by atoms with Gasteiger partial charge in [0.1, 0.15) is 12.4 Å². The van der Waals surface area contributed by atoms with Crippen molar-refractivity contribution >= 4 is 17.6 Å². The Hall–Kier alpha value is -3.96. The molecular weight excluding hydrogens is 511 g/mol. The Labute approximate surface area is 223 Å². The molecule has 39 heavy (non-hydrogen) atoms. The van der Waals surface area contributed by atoms with Crippen molar-refractivity contribution in [2.45, 2.75) is 63.5 Å². The Morgan fingerprint density at radius 1 is 1.13 bits per heavy atom. The molecule has 2 fully saturated rings. The van der Waals surface area contributed by atoms with Crippen molar-refractivity contribution in [3.8, 4) is 0 Å². The zero-order chi connectivity index (χ0) is 27.3. The molecule has 2 atom stereocenters. The molecule has 2 aliphatic heterocycles. The van der Waals surface area contributed by atoms with Crippen LogP contribution in [0.4, 0.5) is 23.8 Å². The monoisotopic (exact) mass is 540 g/mol. The van der Waals surface area contributed by atoms with Crippen molar-refractivity contribution in [3.05, 3.63) is 70.7 Å². The molecule has 6 rings (SSSR count). The van der Waals surface area contributed by atoms with Crippen molar-refractivity contribution in [1.29, 1.82) is 0 Å². The molecule has 2 N–H and O–H groups in total. The second-order valence-electron chi connectivity index (χ2n) is 10.6. The minimum Gasteiger partial charge on any atom is -0.383 e. The summed E-state index contributed by atoms with van der Waals surface area (Å²) in [5.74, 6) is -0.439. The Morgan fingerprint density at radius 2 is 1.90 bits per heavy atom. The highest BCUT2D eigenvalue weighted by molar-refractivity contribution is 5.94. The van der Waals surface area contributed by atoms with Crippen LogP contribution in [0.3, 0.4) is 0 Å². The van der Waals surface area contributed by atoms with Gasteiger partial charge in [-0.25, -0.2) is 9.78 Å². The zero-order valence-corrected chi connectivity index (χ0v) is 21.3. The van der Waals surface area contributed by atoms with Crippen LogP contribution in [-0.2, 0) is 25.8 Å². The lowest BCUT2D eigenvalue weighted by molar-refractivity contribution is -0.749. The van der Waals surface area contributed by atoms with Gasteiger partial charge in [0.15, 0.2) is 6.20 Å². The Balaban J connectivity index is 1.15. The van der Waals surface area contributed by atoms with Gasteiger partial charge in [0, 0.05) is 32.3 Å². The van der Waals surface area contributed by atoms with Crippen molar-refractivity contribution in [2.24, 2.45) is 0 Å². The van der Waals surface area contributed by atoms with Crippen LogP contribution in [0, 0.1) is 0 Å². The van der Waals surface area contributed by atoms with E-state index in [0.29, 0.717) is 31.2 Å². The number of Topliss-reactive ketones (excluding diaryl/α,β-unsaturated/α-hetero) is 1. The fraction of sp³-hybridized carbons (Fsp3) is 0.444. The number of halogens is 3. The lowest BCUT2D eigenvalue weighted by Gasteiger charge is -2.17. The first-order chi connectivity index (χ1) is 18.7. The first kappa shape index (κ1) is 25.3. The van der Waals surface area contributed by atoms with E-state index in [-0.39, 0.29) is 29.6 Å². The number of urea groups is 1. The normalized spacial score (nSPS) is 20.5. The van der Waals surface area contributed by atoms with Crippen LogP contribution in [0.2, 0.25) is 0 Å². The molecule has 0 bridgehead atoms. The van der Waals surface area contributed by atoms with Gasteiger partial charge in [-0.15, -0.1) is 17.9 Å². The molecular formula is C27H29F3N7O2+. The van der Waals surface area contributed by atoms with Crippen LogP contribution in [0.25, 0.3) is 0 Å². The molecule has 0 spiro atoms. The molecule has 204 valence electrons. The largest absolute Gasteiger partial charge is 0.587 e. The molecule has 4 heterocycles. The predicted octanol–water partition coefficient (Wildman–Crippen LogP) is 3.38. The fourth-order valence-corrected chi connectivity index (χ4v) is 6.11. The number of nitrogen functional groups attached to an aromatic ring is 1. The average molecular weight is 541 g/mol. The number of anilines is 1. The Kier molecular flexibility index (Phi) is 6.27. The molecule has 3 aromatic rings. The minimum absolute atomic E-state index is 0.0632. The maximum atomic E-state index is 13.8. The molecule has 2 aromatic heterocycles. The molecule has 1 unspecified atom stereocenters.